The summed E-state index contributed by atoms with van der Waals surface area (Å²) in [5, 5.41) is 32.2. The van der Waals surface area contributed by atoms with Crippen LogP contribution in [0.25, 0.3) is 0 Å². The number of carboxylic acid groups (broad SMARTS) is 2. The first-order valence-electron chi connectivity index (χ1n) is 10.4. The molecule has 1 aliphatic heterocycles. The first-order valence-corrected chi connectivity index (χ1v) is 10.4. The topological polar surface area (TPSA) is 199 Å². The number of hydrogen-bond acceptors (Lipinski definition) is 7. The molecule has 0 bridgehead atoms. The normalized spacial score (nSPS) is 17.1. The molecule has 1 aromatic carbocycles. The number of aliphatic carboxylic acids is 2. The Labute approximate surface area is 189 Å². The number of nitrogens with one attached hydrogen (secondary N) is 2. The van der Waals surface area contributed by atoms with E-state index in [2.05, 4.69) is 10.6 Å². The van der Waals surface area contributed by atoms with Gasteiger partial charge < -0.3 is 36.6 Å². The second-order valence-corrected chi connectivity index (χ2v) is 7.77. The maximum Gasteiger partial charge on any atom is 0.326 e. The van der Waals surface area contributed by atoms with Gasteiger partial charge in [-0.3, -0.25) is 19.2 Å². The van der Waals surface area contributed by atoms with E-state index in [-0.39, 0.29) is 25.1 Å². The zero-order valence-corrected chi connectivity index (χ0v) is 17.9. The molecule has 3 amide bonds. The maximum atomic E-state index is 12.6. The van der Waals surface area contributed by atoms with Crippen molar-refractivity contribution < 1.29 is 39.3 Å². The van der Waals surface area contributed by atoms with Crippen molar-refractivity contribution in [2.24, 2.45) is 5.73 Å². The van der Waals surface area contributed by atoms with Crippen molar-refractivity contribution in [1.29, 1.82) is 0 Å². The molecule has 0 aromatic heterocycles. The van der Waals surface area contributed by atoms with Gasteiger partial charge in [0.1, 0.15) is 17.8 Å². The molecule has 1 saturated heterocycles. The molecule has 7 N–H and O–H groups in total. The van der Waals surface area contributed by atoms with Crippen LogP contribution in [0.4, 0.5) is 0 Å². The van der Waals surface area contributed by atoms with Crippen molar-refractivity contribution in [3.8, 4) is 5.75 Å². The molecular formula is C21H28N4O8. The number of phenols is 1. The Balaban J connectivity index is 1.95. The third kappa shape index (κ3) is 7.75. The van der Waals surface area contributed by atoms with Crippen LogP contribution in [0, 0.1) is 0 Å². The Morgan fingerprint density at radius 3 is 2.36 bits per heavy atom. The smallest absolute Gasteiger partial charge is 0.326 e. The predicted molar refractivity (Wildman–Crippen MR) is 114 cm³/mol. The van der Waals surface area contributed by atoms with Gasteiger partial charge in [-0.1, -0.05) is 12.1 Å². The van der Waals surface area contributed by atoms with E-state index in [1.165, 1.54) is 17.0 Å². The Morgan fingerprint density at radius 1 is 1.09 bits per heavy atom. The molecule has 0 radical (unpaired) electrons. The van der Waals surface area contributed by atoms with Crippen molar-refractivity contribution in [3.05, 3.63) is 29.8 Å². The number of phenolic OH excluding ortho intramolecular Hbond substituents is 1. The molecule has 0 aliphatic carbocycles. The van der Waals surface area contributed by atoms with Crippen LogP contribution in [0.5, 0.6) is 5.75 Å². The summed E-state index contributed by atoms with van der Waals surface area (Å²) in [5.41, 5.74) is 6.57. The Kier molecular flexibility index (Phi) is 9.16. The first-order chi connectivity index (χ1) is 15.6. The van der Waals surface area contributed by atoms with Crippen LogP contribution < -0.4 is 16.4 Å². The molecule has 1 aliphatic rings. The Bertz CT molecular complexity index is 889. The van der Waals surface area contributed by atoms with Crippen LogP contribution >= 0.6 is 0 Å². The molecule has 33 heavy (non-hydrogen) atoms. The number of benzene rings is 1. The van der Waals surface area contributed by atoms with E-state index in [9.17, 15) is 34.2 Å². The van der Waals surface area contributed by atoms with Crippen LogP contribution in [-0.4, -0.2) is 81.1 Å². The van der Waals surface area contributed by atoms with Crippen LogP contribution in [-0.2, 0) is 30.4 Å². The highest BCUT2D eigenvalue weighted by atomic mass is 16.4. The van der Waals surface area contributed by atoms with Gasteiger partial charge in [-0.25, -0.2) is 4.79 Å². The number of amides is 3. The van der Waals surface area contributed by atoms with Gasteiger partial charge in [-0.15, -0.1) is 0 Å². The van der Waals surface area contributed by atoms with Gasteiger partial charge in [-0.05, 0) is 43.4 Å². The van der Waals surface area contributed by atoms with Crippen molar-refractivity contribution in [2.45, 2.75) is 50.2 Å². The fraction of sp³-hybridized carbons (Fsp3) is 0.476. The molecule has 1 fully saturated rings. The van der Waals surface area contributed by atoms with E-state index >= 15 is 0 Å². The number of nitrogens with two attached hydrogens (primary N) is 1. The highest BCUT2D eigenvalue weighted by molar-refractivity contribution is 5.93. The van der Waals surface area contributed by atoms with Crippen molar-refractivity contribution in [1.82, 2.24) is 15.5 Å². The third-order valence-electron chi connectivity index (χ3n) is 5.28. The molecule has 12 nitrogen and oxygen atoms in total. The van der Waals surface area contributed by atoms with E-state index in [4.69, 9.17) is 10.8 Å². The molecule has 0 saturated carbocycles. The summed E-state index contributed by atoms with van der Waals surface area (Å²) in [7, 11) is 0. The minimum atomic E-state index is -1.25. The van der Waals surface area contributed by atoms with Crippen LogP contribution in [0.1, 0.15) is 31.2 Å². The van der Waals surface area contributed by atoms with Gasteiger partial charge in [0.2, 0.25) is 17.7 Å². The lowest BCUT2D eigenvalue weighted by molar-refractivity contribution is -0.148. The highest BCUT2D eigenvalue weighted by Crippen LogP contribution is 2.17. The zero-order valence-electron chi connectivity index (χ0n) is 17.9. The summed E-state index contributed by atoms with van der Waals surface area (Å²) < 4.78 is 0. The van der Waals surface area contributed by atoms with Gasteiger partial charge in [0.25, 0.3) is 0 Å². The fourth-order valence-electron chi connectivity index (χ4n) is 3.50. The van der Waals surface area contributed by atoms with Gasteiger partial charge in [0.15, 0.2) is 0 Å². The SMILES string of the molecule is NC(Cc1ccc(O)cc1)C(=O)NC(CCC(=O)O)C(=O)NCC(=O)N1CCCC1C(=O)O. The van der Waals surface area contributed by atoms with Gasteiger partial charge in [0, 0.05) is 13.0 Å². The average Bonchev–Trinajstić information content (AvgIpc) is 3.26. The molecule has 2 rings (SSSR count). The van der Waals surface area contributed by atoms with E-state index in [0.29, 0.717) is 18.4 Å². The lowest BCUT2D eigenvalue weighted by Gasteiger charge is -2.23. The Hall–Kier alpha value is -3.67. The third-order valence-corrected chi connectivity index (χ3v) is 5.28. The first kappa shape index (κ1) is 25.6. The summed E-state index contributed by atoms with van der Waals surface area (Å²) in [5.74, 6) is -4.29. The molecule has 12 heteroatoms. The van der Waals surface area contributed by atoms with E-state index in [1.54, 1.807) is 12.1 Å². The number of carbonyl (C=O) groups is 5. The monoisotopic (exact) mass is 464 g/mol. The highest BCUT2D eigenvalue weighted by Gasteiger charge is 2.34. The molecular weight excluding hydrogens is 436 g/mol. The molecule has 1 heterocycles. The average molecular weight is 464 g/mol. The number of rotatable bonds is 11. The largest absolute Gasteiger partial charge is 0.508 e. The number of likely N-dealkylation sites (tertiary alicyclic amines) is 1. The lowest BCUT2D eigenvalue weighted by Crippen LogP contribution is -2.54. The minimum absolute atomic E-state index is 0.0559. The summed E-state index contributed by atoms with van der Waals surface area (Å²) in [6, 6.07) is 2.81. The summed E-state index contributed by atoms with van der Waals surface area (Å²) >= 11 is 0. The standard InChI is InChI=1S/C21H28N4O8/c22-14(10-12-3-5-13(26)6-4-12)19(30)24-15(7-8-18(28)29)20(31)23-11-17(27)25-9-1-2-16(25)21(32)33/h3-6,14-16,26H,1-2,7-11,22H2,(H,23,31)(H,24,30)(H,28,29)(H,32,33). The summed E-state index contributed by atoms with van der Waals surface area (Å²) in [4.78, 5) is 60.7. The van der Waals surface area contributed by atoms with Gasteiger partial charge >= 0.3 is 11.9 Å². The minimum Gasteiger partial charge on any atom is -0.508 e. The van der Waals surface area contributed by atoms with Crippen molar-refractivity contribution in [3.63, 3.8) is 0 Å². The summed E-state index contributed by atoms with van der Waals surface area (Å²) in [6.07, 6.45) is 0.336. The second-order valence-electron chi connectivity index (χ2n) is 7.77. The molecule has 0 spiro atoms. The lowest BCUT2D eigenvalue weighted by atomic mass is 10.0. The number of hydrogen-bond donors (Lipinski definition) is 6. The predicted octanol–water partition coefficient (Wildman–Crippen LogP) is -1.20. The van der Waals surface area contributed by atoms with Gasteiger partial charge in [-0.2, -0.15) is 0 Å². The van der Waals surface area contributed by atoms with E-state index in [0.717, 1.165) is 0 Å². The van der Waals surface area contributed by atoms with Crippen molar-refractivity contribution in [2.75, 3.05) is 13.1 Å². The summed E-state index contributed by atoms with van der Waals surface area (Å²) in [6.45, 7) is -0.224. The fourth-order valence-corrected chi connectivity index (χ4v) is 3.50. The molecule has 1 aromatic rings. The van der Waals surface area contributed by atoms with Crippen LogP contribution in [0.15, 0.2) is 24.3 Å². The number of nitrogens with zero attached hydrogens (tertiary/aromatic N) is 1. The Morgan fingerprint density at radius 2 is 1.76 bits per heavy atom. The number of aromatic hydroxyl groups is 1. The van der Waals surface area contributed by atoms with Crippen molar-refractivity contribution >= 4 is 29.7 Å². The van der Waals surface area contributed by atoms with Gasteiger partial charge in [0.05, 0.1) is 12.6 Å². The maximum absolute atomic E-state index is 12.6. The molecule has 3 unspecified atom stereocenters. The second kappa shape index (κ2) is 11.8. The van der Waals surface area contributed by atoms with E-state index in [1.807, 2.05) is 0 Å². The quantitative estimate of drug-likeness (QED) is 0.233. The molecule has 3 atom stereocenters. The number of carbonyl (C=O) groups excluding carboxylic acids is 3. The molecule has 180 valence electrons. The zero-order chi connectivity index (χ0) is 24.5. The van der Waals surface area contributed by atoms with Crippen LogP contribution in [0.3, 0.4) is 0 Å². The van der Waals surface area contributed by atoms with E-state index < -0.39 is 60.8 Å². The number of carboxylic acids is 2. The van der Waals surface area contributed by atoms with Crippen LogP contribution in [0.2, 0.25) is 0 Å².